The third-order valence-corrected chi connectivity index (χ3v) is 7.66. The number of piperazine rings is 1. The zero-order chi connectivity index (χ0) is 30.0. The first-order valence-corrected chi connectivity index (χ1v) is 13.6. The minimum atomic E-state index is -0.802. The monoisotopic (exact) mass is 581 g/mol. The van der Waals surface area contributed by atoms with Gasteiger partial charge in [-0.3, -0.25) is 18.8 Å². The lowest BCUT2D eigenvalue weighted by Crippen LogP contribution is -2.51. The number of anilines is 1. The van der Waals surface area contributed by atoms with Crippen molar-refractivity contribution in [3.8, 4) is 0 Å². The van der Waals surface area contributed by atoms with Gasteiger partial charge in [0.15, 0.2) is 0 Å². The first-order chi connectivity index (χ1) is 20.1. The highest BCUT2D eigenvalue weighted by Gasteiger charge is 2.27. The van der Waals surface area contributed by atoms with Crippen LogP contribution in [0.1, 0.15) is 28.4 Å². The van der Waals surface area contributed by atoms with Gasteiger partial charge in [-0.1, -0.05) is 36.4 Å². The fourth-order valence-electron chi connectivity index (χ4n) is 5.43. The first kappa shape index (κ1) is 29.3. The van der Waals surface area contributed by atoms with Gasteiger partial charge in [-0.2, -0.15) is 0 Å². The summed E-state index contributed by atoms with van der Waals surface area (Å²) in [6.07, 6.45) is 0. The average molecular weight is 582 g/mol. The van der Waals surface area contributed by atoms with Gasteiger partial charge in [0, 0.05) is 56.1 Å². The smallest absolute Gasteiger partial charge is 0.331 e. The Kier molecular flexibility index (Phi) is 8.60. The molecule has 3 aromatic carbocycles. The molecule has 1 atom stereocenters. The summed E-state index contributed by atoms with van der Waals surface area (Å²) in [5.74, 6) is -2.91. The Morgan fingerprint density at radius 3 is 2.02 bits per heavy atom. The second-order valence-corrected chi connectivity index (χ2v) is 10.5. The lowest BCUT2D eigenvalue weighted by molar-refractivity contribution is 0.248. The SMILES string of the molecule is Cc1c(N2CCN(Cc3cc(F)cc(F)c3)CC2)c(=O)n(C[C@H](N)c2ccccc2)c(=O)n1Cc1c(F)cccc1F. The van der Waals surface area contributed by atoms with Crippen molar-refractivity contribution in [2.45, 2.75) is 32.6 Å². The van der Waals surface area contributed by atoms with Crippen LogP contribution >= 0.6 is 0 Å². The summed E-state index contributed by atoms with van der Waals surface area (Å²) in [6, 6.07) is 15.2. The summed E-state index contributed by atoms with van der Waals surface area (Å²) in [4.78, 5) is 31.4. The van der Waals surface area contributed by atoms with E-state index in [9.17, 15) is 27.2 Å². The van der Waals surface area contributed by atoms with Crippen LogP contribution in [0.5, 0.6) is 0 Å². The van der Waals surface area contributed by atoms with E-state index in [0.717, 1.165) is 28.3 Å². The van der Waals surface area contributed by atoms with Crippen LogP contribution in [0.25, 0.3) is 0 Å². The number of halogens is 4. The Bertz CT molecular complexity index is 1660. The minimum Gasteiger partial charge on any atom is -0.363 e. The molecule has 1 fully saturated rings. The topological polar surface area (TPSA) is 76.5 Å². The summed E-state index contributed by atoms with van der Waals surface area (Å²) in [5, 5.41) is 0. The Morgan fingerprint density at radius 2 is 1.40 bits per heavy atom. The molecule has 1 aromatic heterocycles. The first-order valence-electron chi connectivity index (χ1n) is 13.6. The number of benzene rings is 3. The average Bonchev–Trinajstić information content (AvgIpc) is 2.95. The molecule has 0 bridgehead atoms. The summed E-state index contributed by atoms with van der Waals surface area (Å²) in [5.41, 5.74) is 6.57. The number of rotatable bonds is 8. The predicted molar refractivity (Wildman–Crippen MR) is 152 cm³/mol. The number of hydrogen-bond donors (Lipinski definition) is 1. The molecular formula is C31H31F4N5O2. The Morgan fingerprint density at radius 1 is 0.786 bits per heavy atom. The van der Waals surface area contributed by atoms with Crippen molar-refractivity contribution in [3.63, 3.8) is 0 Å². The minimum absolute atomic E-state index is 0.139. The highest BCUT2D eigenvalue weighted by atomic mass is 19.1. The summed E-state index contributed by atoms with van der Waals surface area (Å²) in [6.45, 7) is 3.06. The van der Waals surface area contributed by atoms with E-state index in [4.69, 9.17) is 5.73 Å². The third kappa shape index (κ3) is 6.17. The molecule has 0 unspecified atom stereocenters. The van der Waals surface area contributed by atoms with Crippen LogP contribution in [0.15, 0.2) is 76.3 Å². The predicted octanol–water partition coefficient (Wildman–Crippen LogP) is 3.95. The van der Waals surface area contributed by atoms with Crippen molar-refractivity contribution >= 4 is 5.69 Å². The maximum absolute atomic E-state index is 14.6. The molecule has 0 aliphatic carbocycles. The second-order valence-electron chi connectivity index (χ2n) is 10.5. The molecular weight excluding hydrogens is 550 g/mol. The molecule has 1 aliphatic rings. The largest absolute Gasteiger partial charge is 0.363 e. The lowest BCUT2D eigenvalue weighted by atomic mass is 10.1. The Labute approximate surface area is 240 Å². The molecule has 1 aliphatic heterocycles. The number of aromatic nitrogens is 2. The molecule has 2 heterocycles. The highest BCUT2D eigenvalue weighted by molar-refractivity contribution is 5.50. The van der Waals surface area contributed by atoms with E-state index < -0.39 is 47.1 Å². The van der Waals surface area contributed by atoms with Gasteiger partial charge in [0.25, 0.3) is 5.56 Å². The molecule has 0 spiro atoms. The zero-order valence-electron chi connectivity index (χ0n) is 23.1. The molecule has 11 heteroatoms. The molecule has 0 saturated carbocycles. The fourth-order valence-corrected chi connectivity index (χ4v) is 5.43. The zero-order valence-corrected chi connectivity index (χ0v) is 23.1. The Balaban J connectivity index is 1.49. The van der Waals surface area contributed by atoms with Gasteiger partial charge in [0.1, 0.15) is 29.0 Å². The van der Waals surface area contributed by atoms with E-state index in [1.54, 1.807) is 31.2 Å². The molecule has 42 heavy (non-hydrogen) atoms. The van der Waals surface area contributed by atoms with Crippen LogP contribution in [-0.4, -0.2) is 40.2 Å². The second kappa shape index (κ2) is 12.3. The van der Waals surface area contributed by atoms with E-state index in [1.165, 1.54) is 22.8 Å². The highest BCUT2D eigenvalue weighted by Crippen LogP contribution is 2.21. The van der Waals surface area contributed by atoms with Crippen molar-refractivity contribution in [2.75, 3.05) is 31.1 Å². The van der Waals surface area contributed by atoms with Crippen molar-refractivity contribution in [3.05, 3.63) is 133 Å². The number of nitrogens with zero attached hydrogens (tertiary/aromatic N) is 4. The van der Waals surface area contributed by atoms with Crippen molar-refractivity contribution in [2.24, 2.45) is 5.73 Å². The van der Waals surface area contributed by atoms with E-state index in [1.807, 2.05) is 15.9 Å². The van der Waals surface area contributed by atoms with Gasteiger partial charge >= 0.3 is 5.69 Å². The van der Waals surface area contributed by atoms with E-state index >= 15 is 0 Å². The van der Waals surface area contributed by atoms with Crippen molar-refractivity contribution in [1.82, 2.24) is 14.0 Å². The number of hydrogen-bond acceptors (Lipinski definition) is 5. The molecule has 5 rings (SSSR count). The molecule has 220 valence electrons. The molecule has 2 N–H and O–H groups in total. The maximum Gasteiger partial charge on any atom is 0.331 e. The van der Waals surface area contributed by atoms with Crippen LogP contribution in [0.4, 0.5) is 23.2 Å². The molecule has 0 amide bonds. The fraction of sp³-hybridized carbons (Fsp3) is 0.290. The van der Waals surface area contributed by atoms with Crippen molar-refractivity contribution in [1.29, 1.82) is 0 Å². The normalized spacial score (nSPS) is 14.8. The standard InChI is InChI=1S/C31H31F4N5O2/c1-20-29(38-12-10-37(11-13-38)17-21-14-23(32)16-24(33)15-21)30(41)40(19-28(36)22-6-3-2-4-7-22)31(42)39(20)18-25-26(34)8-5-9-27(25)35/h2-9,14-16,28H,10-13,17-19,36H2,1H3/t28-/m0/s1. The molecule has 1 saturated heterocycles. The summed E-state index contributed by atoms with van der Waals surface area (Å²) < 4.78 is 58.9. The molecule has 0 radical (unpaired) electrons. The van der Waals surface area contributed by atoms with Gasteiger partial charge in [-0.25, -0.2) is 22.4 Å². The summed E-state index contributed by atoms with van der Waals surface area (Å²) >= 11 is 0. The van der Waals surface area contributed by atoms with Crippen LogP contribution in [-0.2, 0) is 19.6 Å². The maximum atomic E-state index is 14.6. The van der Waals surface area contributed by atoms with Crippen LogP contribution < -0.4 is 21.9 Å². The van der Waals surface area contributed by atoms with E-state index in [2.05, 4.69) is 0 Å². The van der Waals surface area contributed by atoms with Gasteiger partial charge < -0.3 is 10.6 Å². The molecule has 4 aromatic rings. The van der Waals surface area contributed by atoms with Gasteiger partial charge in [-0.15, -0.1) is 0 Å². The quantitative estimate of drug-likeness (QED) is 0.319. The van der Waals surface area contributed by atoms with Gasteiger partial charge in [0.05, 0.1) is 13.1 Å². The van der Waals surface area contributed by atoms with Crippen molar-refractivity contribution < 1.29 is 17.6 Å². The summed E-state index contributed by atoms with van der Waals surface area (Å²) in [7, 11) is 0. The van der Waals surface area contributed by atoms with E-state index in [0.29, 0.717) is 38.3 Å². The van der Waals surface area contributed by atoms with Gasteiger partial charge in [0.2, 0.25) is 0 Å². The lowest BCUT2D eigenvalue weighted by Gasteiger charge is -2.37. The number of nitrogens with two attached hydrogens (primary N) is 1. The van der Waals surface area contributed by atoms with E-state index in [-0.39, 0.29) is 23.5 Å². The Hall–Kier alpha value is -4.22. The van der Waals surface area contributed by atoms with Gasteiger partial charge in [-0.05, 0) is 42.3 Å². The van der Waals surface area contributed by atoms with Crippen LogP contribution in [0.3, 0.4) is 0 Å². The van der Waals surface area contributed by atoms with Crippen LogP contribution in [0, 0.1) is 30.2 Å². The molecule has 7 nitrogen and oxygen atoms in total. The van der Waals surface area contributed by atoms with Crippen LogP contribution in [0.2, 0.25) is 0 Å². The third-order valence-electron chi connectivity index (χ3n) is 7.66.